The second kappa shape index (κ2) is 6.39. The summed E-state index contributed by atoms with van der Waals surface area (Å²) in [5, 5.41) is 11.3. The van der Waals surface area contributed by atoms with Crippen LogP contribution in [0.25, 0.3) is 22.2 Å². The van der Waals surface area contributed by atoms with E-state index in [9.17, 15) is 24.5 Å². The Bertz CT molecular complexity index is 1240. The largest absolute Gasteiger partial charge is 0.350 e. The molecule has 1 aromatic carbocycles. The van der Waals surface area contributed by atoms with Gasteiger partial charge in [0, 0.05) is 36.3 Å². The van der Waals surface area contributed by atoms with Crippen molar-refractivity contribution in [1.82, 2.24) is 13.8 Å². The van der Waals surface area contributed by atoms with E-state index in [4.69, 9.17) is 5.73 Å². The summed E-state index contributed by atoms with van der Waals surface area (Å²) in [6.07, 6.45) is 1.35. The Hall–Kier alpha value is -3.41. The molecule has 0 radical (unpaired) electrons. The van der Waals surface area contributed by atoms with Gasteiger partial charge in [-0.1, -0.05) is 15.9 Å². The Morgan fingerprint density at radius 1 is 1.26 bits per heavy atom. The molecule has 0 aliphatic carbocycles. The smallest absolute Gasteiger partial charge is 0.331 e. The van der Waals surface area contributed by atoms with Crippen LogP contribution in [0.2, 0.25) is 0 Å². The molecule has 0 bridgehead atoms. The van der Waals surface area contributed by atoms with Crippen LogP contribution in [-0.4, -0.2) is 24.8 Å². The van der Waals surface area contributed by atoms with Crippen LogP contribution in [0, 0.1) is 10.1 Å². The van der Waals surface area contributed by atoms with E-state index in [2.05, 4.69) is 21.4 Å². The van der Waals surface area contributed by atoms with Crippen LogP contribution in [0.3, 0.4) is 0 Å². The molecule has 0 atom stereocenters. The quantitative estimate of drug-likeness (QED) is 0.464. The lowest BCUT2D eigenvalue weighted by Gasteiger charge is -2.11. The van der Waals surface area contributed by atoms with Gasteiger partial charge < -0.3 is 5.73 Å². The minimum atomic E-state index is -0.917. The number of nitro benzene ring substituents is 1. The predicted octanol–water partition coefficient (Wildman–Crippen LogP) is 0.999. The number of rotatable bonds is 3. The summed E-state index contributed by atoms with van der Waals surface area (Å²) in [5.41, 5.74) is 6.78. The van der Waals surface area contributed by atoms with Gasteiger partial charge >= 0.3 is 11.7 Å². The highest BCUT2D eigenvalue weighted by atomic mass is 79.9. The van der Waals surface area contributed by atoms with Gasteiger partial charge in [-0.3, -0.25) is 28.7 Å². The first kappa shape index (κ1) is 18.4. The average Bonchev–Trinajstić information content (AvgIpc) is 2.96. The second-order valence-electron chi connectivity index (χ2n) is 5.71. The molecule has 2 amide bonds. The van der Waals surface area contributed by atoms with Crippen LogP contribution in [0.5, 0.6) is 0 Å². The molecule has 3 N–H and O–H groups in total. The maximum atomic E-state index is 12.8. The zero-order chi connectivity index (χ0) is 20.0. The van der Waals surface area contributed by atoms with Crippen LogP contribution in [0.1, 0.15) is 0 Å². The van der Waals surface area contributed by atoms with Crippen LogP contribution < -0.4 is 22.4 Å². The van der Waals surface area contributed by atoms with E-state index < -0.39 is 22.2 Å². The van der Waals surface area contributed by atoms with Gasteiger partial charge in [-0.25, -0.2) is 15.0 Å². The first-order chi connectivity index (χ1) is 12.6. The molecule has 0 saturated heterocycles. The number of carbonyl (C=O) groups excluding carboxylic acids is 1. The van der Waals surface area contributed by atoms with Crippen molar-refractivity contribution in [2.75, 3.05) is 5.43 Å². The van der Waals surface area contributed by atoms with Gasteiger partial charge in [-0.2, -0.15) is 0 Å². The van der Waals surface area contributed by atoms with Gasteiger partial charge in [0.2, 0.25) is 0 Å². The van der Waals surface area contributed by atoms with Crippen LogP contribution in [-0.2, 0) is 14.1 Å². The molecule has 3 aromatic rings. The Morgan fingerprint density at radius 3 is 2.52 bits per heavy atom. The third kappa shape index (κ3) is 2.89. The summed E-state index contributed by atoms with van der Waals surface area (Å²) in [5.74, 6) is 0. The number of non-ortho nitro benzene ring substituents is 1. The first-order valence-corrected chi connectivity index (χ1v) is 8.24. The summed E-state index contributed by atoms with van der Waals surface area (Å²) < 4.78 is 3.74. The normalized spacial score (nSPS) is 10.9. The number of amides is 2. The van der Waals surface area contributed by atoms with Gasteiger partial charge in [0.15, 0.2) is 0 Å². The zero-order valence-electron chi connectivity index (χ0n) is 14.1. The number of nitrogens with two attached hydrogens (primary N) is 1. The lowest BCUT2D eigenvalue weighted by atomic mass is 10.1. The number of nitrogens with zero attached hydrogens (tertiary/aromatic N) is 4. The molecule has 0 spiro atoms. The van der Waals surface area contributed by atoms with Gasteiger partial charge in [0.25, 0.3) is 11.2 Å². The second-order valence-corrected chi connectivity index (χ2v) is 6.57. The number of aromatic nitrogens is 3. The summed E-state index contributed by atoms with van der Waals surface area (Å²) in [6.45, 7) is 0. The SMILES string of the molecule is Cn1c(=O)c2c(-c3cc([N+](=O)[O-])ccc3Br)n(NC(N)=O)cc2n(C)c1=O. The van der Waals surface area contributed by atoms with Gasteiger partial charge in [-0.15, -0.1) is 0 Å². The van der Waals surface area contributed by atoms with Crippen LogP contribution in [0.15, 0.2) is 38.5 Å². The fraction of sp³-hybridized carbons (Fsp3) is 0.133. The number of carbonyl (C=O) groups is 1. The minimum absolute atomic E-state index is 0.0922. The fourth-order valence-electron chi connectivity index (χ4n) is 2.82. The molecule has 0 saturated carbocycles. The third-order valence-electron chi connectivity index (χ3n) is 4.09. The van der Waals surface area contributed by atoms with Crippen molar-refractivity contribution < 1.29 is 9.72 Å². The molecule has 3 rings (SSSR count). The molecular weight excluding hydrogens is 424 g/mol. The number of hydrogen-bond donors (Lipinski definition) is 2. The lowest BCUT2D eigenvalue weighted by Crippen LogP contribution is -2.36. The highest BCUT2D eigenvalue weighted by molar-refractivity contribution is 9.10. The Labute approximate surface area is 158 Å². The number of nitrogens with one attached hydrogen (secondary N) is 1. The number of primary amides is 1. The number of hydrogen-bond acceptors (Lipinski definition) is 5. The topological polar surface area (TPSA) is 147 Å². The Balaban J connectivity index is 2.53. The molecule has 0 aliphatic heterocycles. The third-order valence-corrected chi connectivity index (χ3v) is 4.78. The monoisotopic (exact) mass is 436 g/mol. The van der Waals surface area contributed by atoms with E-state index in [0.29, 0.717) is 4.47 Å². The van der Waals surface area contributed by atoms with E-state index in [1.54, 1.807) is 0 Å². The molecule has 12 heteroatoms. The molecule has 2 aromatic heterocycles. The van der Waals surface area contributed by atoms with E-state index in [1.807, 2.05) is 0 Å². The summed E-state index contributed by atoms with van der Waals surface area (Å²) in [6, 6.07) is 3.08. The Kier molecular flexibility index (Phi) is 4.35. The van der Waals surface area contributed by atoms with Crippen molar-refractivity contribution in [2.45, 2.75) is 0 Å². The summed E-state index contributed by atoms with van der Waals surface area (Å²) in [7, 11) is 2.78. The zero-order valence-corrected chi connectivity index (χ0v) is 15.7. The van der Waals surface area contributed by atoms with E-state index in [-0.39, 0.29) is 27.8 Å². The van der Waals surface area contributed by atoms with Gasteiger partial charge in [0.05, 0.1) is 27.7 Å². The molecule has 27 heavy (non-hydrogen) atoms. The summed E-state index contributed by atoms with van der Waals surface area (Å²) >= 11 is 3.31. The van der Waals surface area contributed by atoms with Crippen molar-refractivity contribution >= 4 is 38.6 Å². The van der Waals surface area contributed by atoms with E-state index in [0.717, 1.165) is 9.24 Å². The lowest BCUT2D eigenvalue weighted by molar-refractivity contribution is -0.384. The standard InChI is InChI=1S/C15H13BrN6O5/c1-19-10-6-21(18-14(17)24)12(11(10)13(23)20(2)15(19)25)8-5-7(22(26)27)3-4-9(8)16/h3-6H,1-2H3,(H3,17,18,24). The number of fused-ring (bicyclic) bond motifs is 1. The van der Waals surface area contributed by atoms with Crippen LogP contribution >= 0.6 is 15.9 Å². The number of benzene rings is 1. The number of nitro groups is 1. The van der Waals surface area contributed by atoms with Crippen molar-refractivity contribution in [1.29, 1.82) is 0 Å². The van der Waals surface area contributed by atoms with Crippen molar-refractivity contribution in [2.24, 2.45) is 19.8 Å². The van der Waals surface area contributed by atoms with Crippen molar-refractivity contribution in [3.05, 3.63) is 59.8 Å². The maximum Gasteiger partial charge on any atom is 0.331 e. The van der Waals surface area contributed by atoms with Crippen molar-refractivity contribution in [3.8, 4) is 11.3 Å². The molecular formula is C15H13BrN6O5. The molecule has 11 nitrogen and oxygen atoms in total. The van der Waals surface area contributed by atoms with Crippen LogP contribution in [0.4, 0.5) is 10.5 Å². The Morgan fingerprint density at radius 2 is 1.93 bits per heavy atom. The molecule has 140 valence electrons. The van der Waals surface area contributed by atoms with Gasteiger partial charge in [-0.05, 0) is 6.07 Å². The van der Waals surface area contributed by atoms with Crippen molar-refractivity contribution in [3.63, 3.8) is 0 Å². The van der Waals surface area contributed by atoms with E-state index in [1.165, 1.54) is 43.1 Å². The average molecular weight is 437 g/mol. The highest BCUT2D eigenvalue weighted by Crippen LogP contribution is 2.35. The highest BCUT2D eigenvalue weighted by Gasteiger charge is 2.23. The minimum Gasteiger partial charge on any atom is -0.350 e. The maximum absolute atomic E-state index is 12.8. The van der Waals surface area contributed by atoms with E-state index >= 15 is 0 Å². The number of aryl methyl sites for hydroxylation is 1. The predicted molar refractivity (Wildman–Crippen MR) is 101 cm³/mol. The molecule has 2 heterocycles. The molecule has 0 fully saturated rings. The molecule has 0 unspecified atom stereocenters. The summed E-state index contributed by atoms with van der Waals surface area (Å²) in [4.78, 5) is 47.0. The first-order valence-electron chi connectivity index (χ1n) is 7.45. The number of halogens is 1. The number of urea groups is 1. The molecule has 0 aliphatic rings. The van der Waals surface area contributed by atoms with Gasteiger partial charge in [0.1, 0.15) is 0 Å². The fourth-order valence-corrected chi connectivity index (χ4v) is 3.25.